The summed E-state index contributed by atoms with van der Waals surface area (Å²) in [7, 11) is 0. The number of Topliss-reactive ketones (excluding diaryl/α,β-unsaturated/α-hetero) is 1. The summed E-state index contributed by atoms with van der Waals surface area (Å²) in [5.74, 6) is 2.18. The van der Waals surface area contributed by atoms with E-state index < -0.39 is 0 Å². The van der Waals surface area contributed by atoms with Crippen molar-refractivity contribution in [2.75, 3.05) is 0 Å². The summed E-state index contributed by atoms with van der Waals surface area (Å²) >= 11 is 0. The summed E-state index contributed by atoms with van der Waals surface area (Å²) in [6.07, 6.45) is 5.28. The summed E-state index contributed by atoms with van der Waals surface area (Å²) in [6.45, 7) is 6.97. The Labute approximate surface area is 122 Å². The molecule has 20 heavy (non-hydrogen) atoms. The van der Waals surface area contributed by atoms with Crippen LogP contribution in [0.2, 0.25) is 0 Å². The minimum Gasteiger partial charge on any atom is -0.299 e. The second-order valence-electron chi connectivity index (χ2n) is 7.84. The van der Waals surface area contributed by atoms with Gasteiger partial charge in [0, 0.05) is 12.3 Å². The molecule has 0 amide bonds. The smallest absolute Gasteiger partial charge is 0.136 e. The molecular formula is C19H26O. The molecule has 1 fully saturated rings. The molecule has 0 saturated heterocycles. The van der Waals surface area contributed by atoms with Crippen LogP contribution in [0.3, 0.4) is 0 Å². The van der Waals surface area contributed by atoms with Crippen LogP contribution in [0.4, 0.5) is 0 Å². The third-order valence-electron chi connectivity index (χ3n) is 5.52. The molecule has 0 aliphatic heterocycles. The third-order valence-corrected chi connectivity index (χ3v) is 5.52. The SMILES string of the molecule is CC(C)(C)C1CCC(=O)C(CC2Cc3ccccc32)C1. The van der Waals surface area contributed by atoms with Crippen molar-refractivity contribution in [2.24, 2.45) is 17.3 Å². The summed E-state index contributed by atoms with van der Waals surface area (Å²) in [4.78, 5) is 12.3. The van der Waals surface area contributed by atoms with E-state index in [1.807, 2.05) is 0 Å². The molecule has 0 spiro atoms. The van der Waals surface area contributed by atoms with E-state index in [-0.39, 0.29) is 0 Å². The van der Waals surface area contributed by atoms with Crippen LogP contribution in [0.5, 0.6) is 0 Å². The molecular weight excluding hydrogens is 244 g/mol. The quantitative estimate of drug-likeness (QED) is 0.758. The molecule has 1 saturated carbocycles. The summed E-state index contributed by atoms with van der Waals surface area (Å²) in [6, 6.07) is 8.73. The number of carbonyl (C=O) groups is 1. The Morgan fingerprint density at radius 1 is 1.15 bits per heavy atom. The summed E-state index contributed by atoms with van der Waals surface area (Å²) < 4.78 is 0. The van der Waals surface area contributed by atoms with E-state index in [2.05, 4.69) is 45.0 Å². The molecule has 1 aromatic carbocycles. The van der Waals surface area contributed by atoms with Gasteiger partial charge in [-0.25, -0.2) is 0 Å². The number of rotatable bonds is 2. The predicted molar refractivity (Wildman–Crippen MR) is 82.8 cm³/mol. The third kappa shape index (κ3) is 2.55. The second kappa shape index (κ2) is 5.02. The number of fused-ring (bicyclic) bond motifs is 1. The van der Waals surface area contributed by atoms with Crippen molar-refractivity contribution in [3.05, 3.63) is 35.4 Å². The lowest BCUT2D eigenvalue weighted by Gasteiger charge is -2.39. The maximum Gasteiger partial charge on any atom is 0.136 e. The van der Waals surface area contributed by atoms with Crippen molar-refractivity contribution in [1.82, 2.24) is 0 Å². The molecule has 3 atom stereocenters. The standard InChI is InChI=1S/C19H26O/c1-19(2,3)16-8-9-18(20)15(12-16)11-14-10-13-6-4-5-7-17(13)14/h4-7,14-16H,8-12H2,1-3H3. The minimum absolute atomic E-state index is 0.311. The average Bonchev–Trinajstić information content (AvgIpc) is 2.36. The summed E-state index contributed by atoms with van der Waals surface area (Å²) in [5.41, 5.74) is 3.34. The molecule has 1 aromatic rings. The van der Waals surface area contributed by atoms with Crippen LogP contribution in [0, 0.1) is 17.3 Å². The first-order chi connectivity index (χ1) is 9.45. The fraction of sp³-hybridized carbons (Fsp3) is 0.632. The molecule has 3 rings (SSSR count). The molecule has 2 aliphatic carbocycles. The highest BCUT2D eigenvalue weighted by Gasteiger charge is 2.37. The number of carbonyl (C=O) groups excluding carboxylic acids is 1. The molecule has 0 bridgehead atoms. The predicted octanol–water partition coefficient (Wildman–Crippen LogP) is 4.75. The van der Waals surface area contributed by atoms with Crippen LogP contribution >= 0.6 is 0 Å². The van der Waals surface area contributed by atoms with Crippen LogP contribution in [0.1, 0.15) is 63.5 Å². The fourth-order valence-electron chi connectivity index (χ4n) is 4.04. The monoisotopic (exact) mass is 270 g/mol. The zero-order chi connectivity index (χ0) is 14.3. The lowest BCUT2D eigenvalue weighted by molar-refractivity contribution is -0.127. The van der Waals surface area contributed by atoms with Crippen molar-refractivity contribution >= 4 is 5.78 Å². The normalized spacial score (nSPS) is 29.8. The first-order valence-electron chi connectivity index (χ1n) is 8.05. The Morgan fingerprint density at radius 2 is 1.90 bits per heavy atom. The zero-order valence-corrected chi connectivity index (χ0v) is 13.0. The van der Waals surface area contributed by atoms with Gasteiger partial charge in [0.1, 0.15) is 5.78 Å². The van der Waals surface area contributed by atoms with E-state index in [1.54, 1.807) is 0 Å². The molecule has 0 heterocycles. The van der Waals surface area contributed by atoms with E-state index in [4.69, 9.17) is 0 Å². The maximum absolute atomic E-state index is 12.3. The van der Waals surface area contributed by atoms with Crippen LogP contribution in [-0.4, -0.2) is 5.78 Å². The Morgan fingerprint density at radius 3 is 2.60 bits per heavy atom. The molecule has 0 N–H and O–H groups in total. The topological polar surface area (TPSA) is 17.1 Å². The Balaban J connectivity index is 1.67. The number of benzene rings is 1. The highest BCUT2D eigenvalue weighted by molar-refractivity contribution is 5.81. The molecule has 108 valence electrons. The van der Waals surface area contributed by atoms with Crippen molar-refractivity contribution in [3.8, 4) is 0 Å². The van der Waals surface area contributed by atoms with Gasteiger partial charge < -0.3 is 0 Å². The van der Waals surface area contributed by atoms with Gasteiger partial charge >= 0.3 is 0 Å². The van der Waals surface area contributed by atoms with Crippen LogP contribution in [0.15, 0.2) is 24.3 Å². The minimum atomic E-state index is 0.311. The van der Waals surface area contributed by atoms with E-state index >= 15 is 0 Å². The Bertz CT molecular complexity index is 509. The van der Waals surface area contributed by atoms with Crippen LogP contribution in [-0.2, 0) is 11.2 Å². The van der Waals surface area contributed by atoms with Gasteiger partial charge in [0.25, 0.3) is 0 Å². The van der Waals surface area contributed by atoms with Gasteiger partial charge in [0.05, 0.1) is 0 Å². The highest BCUT2D eigenvalue weighted by Crippen LogP contribution is 2.45. The molecule has 0 aromatic heterocycles. The molecule has 1 nitrogen and oxygen atoms in total. The molecule has 3 unspecified atom stereocenters. The van der Waals surface area contributed by atoms with Crippen LogP contribution in [0.25, 0.3) is 0 Å². The van der Waals surface area contributed by atoms with Gasteiger partial charge in [-0.2, -0.15) is 0 Å². The maximum atomic E-state index is 12.3. The summed E-state index contributed by atoms with van der Waals surface area (Å²) in [5, 5.41) is 0. The van der Waals surface area contributed by atoms with Crippen LogP contribution < -0.4 is 0 Å². The van der Waals surface area contributed by atoms with E-state index in [0.717, 1.165) is 25.7 Å². The highest BCUT2D eigenvalue weighted by atomic mass is 16.1. The largest absolute Gasteiger partial charge is 0.299 e. The van der Waals surface area contributed by atoms with Crippen molar-refractivity contribution in [2.45, 2.75) is 58.8 Å². The molecule has 2 aliphatic rings. The van der Waals surface area contributed by atoms with E-state index in [0.29, 0.717) is 29.0 Å². The van der Waals surface area contributed by atoms with Crippen molar-refractivity contribution in [1.29, 1.82) is 0 Å². The van der Waals surface area contributed by atoms with E-state index in [9.17, 15) is 4.79 Å². The molecule has 1 heteroatoms. The molecule has 0 radical (unpaired) electrons. The Kier molecular flexibility index (Phi) is 3.48. The van der Waals surface area contributed by atoms with Crippen molar-refractivity contribution < 1.29 is 4.79 Å². The zero-order valence-electron chi connectivity index (χ0n) is 13.0. The average molecular weight is 270 g/mol. The van der Waals surface area contributed by atoms with Gasteiger partial charge in [-0.3, -0.25) is 4.79 Å². The first kappa shape index (κ1) is 13.9. The van der Waals surface area contributed by atoms with Gasteiger partial charge in [-0.05, 0) is 54.1 Å². The van der Waals surface area contributed by atoms with Gasteiger partial charge in [0.2, 0.25) is 0 Å². The number of ketones is 1. The second-order valence-corrected chi connectivity index (χ2v) is 7.84. The number of hydrogen-bond acceptors (Lipinski definition) is 1. The lowest BCUT2D eigenvalue weighted by atomic mass is 9.64. The van der Waals surface area contributed by atoms with Gasteiger partial charge in [-0.15, -0.1) is 0 Å². The van der Waals surface area contributed by atoms with E-state index in [1.165, 1.54) is 17.5 Å². The van der Waals surface area contributed by atoms with Gasteiger partial charge in [0.15, 0.2) is 0 Å². The fourth-order valence-corrected chi connectivity index (χ4v) is 4.04. The first-order valence-corrected chi connectivity index (χ1v) is 8.05. The van der Waals surface area contributed by atoms with Crippen molar-refractivity contribution in [3.63, 3.8) is 0 Å². The lowest BCUT2D eigenvalue weighted by Crippen LogP contribution is -2.34. The number of hydrogen-bond donors (Lipinski definition) is 0. The van der Waals surface area contributed by atoms with Gasteiger partial charge in [-0.1, -0.05) is 45.0 Å². The Hall–Kier alpha value is -1.11.